The largest absolute Gasteiger partial charge is 0.369 e. The molecule has 0 unspecified atom stereocenters. The normalized spacial score (nSPS) is 27.1. The fraction of sp³-hybridized carbons (Fsp3) is 0.429. The van der Waals surface area contributed by atoms with Crippen molar-refractivity contribution in [3.63, 3.8) is 0 Å². The maximum atomic E-state index is 12.1. The number of likely N-dealkylation sites (tertiary alicyclic amines) is 1. The number of hydrogen-bond donors (Lipinski definition) is 2. The Morgan fingerprint density at radius 1 is 1.41 bits per heavy atom. The predicted octanol–water partition coefficient (Wildman–Crippen LogP) is 0.361. The van der Waals surface area contributed by atoms with Crippen LogP contribution in [0.5, 0.6) is 0 Å². The van der Waals surface area contributed by atoms with E-state index in [4.69, 9.17) is 5.73 Å². The SMILES string of the molecule is CN1CC[C@@](O)(C#Cc2ccnc(-n3nc(C(N)=O)c4c3CC3CC4C3)c2)C1=O. The average molecular weight is 391 g/mol. The summed E-state index contributed by atoms with van der Waals surface area (Å²) in [6.45, 7) is 0.475. The summed E-state index contributed by atoms with van der Waals surface area (Å²) in [7, 11) is 1.65. The van der Waals surface area contributed by atoms with Crippen LogP contribution in [0.3, 0.4) is 0 Å². The van der Waals surface area contributed by atoms with Crippen molar-refractivity contribution in [2.45, 2.75) is 37.2 Å². The smallest absolute Gasteiger partial charge is 0.269 e. The number of carbonyl (C=O) groups is 2. The van der Waals surface area contributed by atoms with Crippen molar-refractivity contribution in [1.29, 1.82) is 0 Å². The van der Waals surface area contributed by atoms with Gasteiger partial charge in [0.15, 0.2) is 11.5 Å². The number of amides is 2. The predicted molar refractivity (Wildman–Crippen MR) is 103 cm³/mol. The van der Waals surface area contributed by atoms with E-state index >= 15 is 0 Å². The molecule has 1 atom stereocenters. The number of rotatable bonds is 2. The lowest BCUT2D eigenvalue weighted by atomic mass is 9.64. The summed E-state index contributed by atoms with van der Waals surface area (Å²) in [6, 6.07) is 3.46. The summed E-state index contributed by atoms with van der Waals surface area (Å²) in [6.07, 6.45) is 4.90. The molecule has 1 saturated heterocycles. The van der Waals surface area contributed by atoms with Crippen LogP contribution >= 0.6 is 0 Å². The van der Waals surface area contributed by atoms with Gasteiger partial charge in [0.05, 0.1) is 5.69 Å². The monoisotopic (exact) mass is 391 g/mol. The van der Waals surface area contributed by atoms with Crippen LogP contribution in [0.2, 0.25) is 0 Å². The first kappa shape index (κ1) is 17.9. The first-order valence-electron chi connectivity index (χ1n) is 9.75. The Morgan fingerprint density at radius 3 is 2.90 bits per heavy atom. The fourth-order valence-electron chi connectivity index (χ4n) is 4.63. The van der Waals surface area contributed by atoms with Gasteiger partial charge in [-0.1, -0.05) is 11.8 Å². The van der Waals surface area contributed by atoms with Gasteiger partial charge in [0.2, 0.25) is 5.60 Å². The van der Waals surface area contributed by atoms with Gasteiger partial charge in [0.1, 0.15) is 0 Å². The Balaban J connectivity index is 1.52. The zero-order chi connectivity index (χ0) is 20.3. The molecule has 1 aliphatic heterocycles. The van der Waals surface area contributed by atoms with Crippen molar-refractivity contribution < 1.29 is 14.7 Å². The van der Waals surface area contributed by atoms with Crippen LogP contribution < -0.4 is 5.73 Å². The molecule has 29 heavy (non-hydrogen) atoms. The third-order valence-corrected chi connectivity index (χ3v) is 6.27. The summed E-state index contributed by atoms with van der Waals surface area (Å²) < 4.78 is 1.70. The Morgan fingerprint density at radius 2 is 2.21 bits per heavy atom. The lowest BCUT2D eigenvalue weighted by Gasteiger charge is -2.41. The van der Waals surface area contributed by atoms with Crippen molar-refractivity contribution in [2.75, 3.05) is 13.6 Å². The standard InChI is InChI=1S/C21H21N5O3/c1-25-7-5-21(29,20(25)28)4-2-12-3-6-23-16(11-12)26-15-10-13-8-14(9-13)17(15)18(24-26)19(22)27/h3,6,11,13-14,29H,5,7-10H2,1H3,(H2,22,27)/t13?,14?,21-/m0/s1. The second kappa shape index (κ2) is 6.16. The van der Waals surface area contributed by atoms with Crippen LogP contribution in [0.25, 0.3) is 5.82 Å². The van der Waals surface area contributed by atoms with E-state index in [1.807, 2.05) is 0 Å². The van der Waals surface area contributed by atoms with Gasteiger partial charge in [-0.05, 0) is 43.2 Å². The Bertz CT molecular complexity index is 1110. The van der Waals surface area contributed by atoms with E-state index < -0.39 is 11.5 Å². The number of primary amides is 1. The number of aromatic nitrogens is 3. The number of carbonyl (C=O) groups excluding carboxylic acids is 2. The second-order valence-corrected chi connectivity index (χ2v) is 8.21. The maximum Gasteiger partial charge on any atom is 0.269 e. The Hall–Kier alpha value is -3.18. The van der Waals surface area contributed by atoms with Gasteiger partial charge in [0, 0.05) is 37.3 Å². The number of likely N-dealkylation sites (N-methyl/N-ethyl adjacent to an activating group) is 1. The zero-order valence-corrected chi connectivity index (χ0v) is 16.1. The van der Waals surface area contributed by atoms with Crippen LogP contribution in [0.1, 0.15) is 52.5 Å². The van der Waals surface area contributed by atoms with Gasteiger partial charge >= 0.3 is 0 Å². The summed E-state index contributed by atoms with van der Waals surface area (Å²) in [5.41, 5.74) is 6.82. The van der Waals surface area contributed by atoms with E-state index in [9.17, 15) is 14.7 Å². The van der Waals surface area contributed by atoms with Gasteiger partial charge < -0.3 is 15.7 Å². The molecule has 2 bridgehead atoms. The molecule has 148 valence electrons. The lowest BCUT2D eigenvalue weighted by molar-refractivity contribution is -0.137. The van der Waals surface area contributed by atoms with E-state index in [2.05, 4.69) is 21.9 Å². The maximum absolute atomic E-state index is 12.1. The van der Waals surface area contributed by atoms with Crippen LogP contribution in [0, 0.1) is 17.8 Å². The Labute approximate surface area is 167 Å². The molecule has 2 amide bonds. The molecule has 4 aliphatic rings. The number of hydrogen-bond acceptors (Lipinski definition) is 5. The minimum atomic E-state index is -1.65. The number of aliphatic hydroxyl groups is 1. The van der Waals surface area contributed by atoms with Gasteiger partial charge in [-0.2, -0.15) is 5.10 Å². The minimum absolute atomic E-state index is 0.282. The number of pyridine rings is 1. The fourth-order valence-corrected chi connectivity index (χ4v) is 4.63. The molecule has 8 heteroatoms. The van der Waals surface area contributed by atoms with Gasteiger partial charge in [0.25, 0.3) is 11.8 Å². The average Bonchev–Trinajstić information content (AvgIpc) is 3.20. The summed E-state index contributed by atoms with van der Waals surface area (Å²) >= 11 is 0. The molecule has 3 heterocycles. The highest BCUT2D eigenvalue weighted by atomic mass is 16.3. The molecule has 2 aromatic rings. The van der Waals surface area contributed by atoms with E-state index in [0.29, 0.717) is 35.5 Å². The third-order valence-electron chi connectivity index (χ3n) is 6.27. The van der Waals surface area contributed by atoms with Crippen molar-refractivity contribution >= 4 is 11.8 Å². The summed E-state index contributed by atoms with van der Waals surface area (Å²) in [5.74, 6) is 6.22. The van der Waals surface area contributed by atoms with Crippen molar-refractivity contribution in [1.82, 2.24) is 19.7 Å². The van der Waals surface area contributed by atoms with Crippen molar-refractivity contribution in [3.05, 3.63) is 40.8 Å². The highest BCUT2D eigenvalue weighted by molar-refractivity contribution is 5.93. The highest BCUT2D eigenvalue weighted by Gasteiger charge is 2.43. The molecular formula is C21H21N5O3. The first-order valence-corrected chi connectivity index (χ1v) is 9.75. The highest BCUT2D eigenvalue weighted by Crippen LogP contribution is 2.51. The van der Waals surface area contributed by atoms with Crippen LogP contribution in [-0.2, 0) is 11.2 Å². The van der Waals surface area contributed by atoms with Crippen molar-refractivity contribution in [3.8, 4) is 17.7 Å². The van der Waals surface area contributed by atoms with E-state index in [1.54, 1.807) is 30.1 Å². The van der Waals surface area contributed by atoms with E-state index in [-0.39, 0.29) is 12.3 Å². The number of nitrogens with two attached hydrogens (primary N) is 1. The molecule has 0 aromatic carbocycles. The molecular weight excluding hydrogens is 370 g/mol. The molecule has 6 rings (SSSR count). The Kier molecular flexibility index (Phi) is 3.80. The number of nitrogens with zero attached hydrogens (tertiary/aromatic N) is 4. The minimum Gasteiger partial charge on any atom is -0.369 e. The molecule has 0 radical (unpaired) electrons. The van der Waals surface area contributed by atoms with Crippen LogP contribution in [0.4, 0.5) is 0 Å². The van der Waals surface area contributed by atoms with Gasteiger partial charge in [-0.15, -0.1) is 0 Å². The topological polar surface area (TPSA) is 114 Å². The lowest BCUT2D eigenvalue weighted by Crippen LogP contribution is -2.37. The van der Waals surface area contributed by atoms with Crippen LogP contribution in [0.15, 0.2) is 18.3 Å². The molecule has 8 nitrogen and oxygen atoms in total. The summed E-state index contributed by atoms with van der Waals surface area (Å²) in [5, 5.41) is 15.0. The van der Waals surface area contributed by atoms with E-state index in [0.717, 1.165) is 30.5 Å². The summed E-state index contributed by atoms with van der Waals surface area (Å²) in [4.78, 5) is 29.9. The molecule has 0 spiro atoms. The van der Waals surface area contributed by atoms with Crippen molar-refractivity contribution in [2.24, 2.45) is 11.7 Å². The quantitative estimate of drug-likeness (QED) is 0.718. The molecule has 1 saturated carbocycles. The zero-order valence-electron chi connectivity index (χ0n) is 16.1. The van der Waals surface area contributed by atoms with Gasteiger partial charge in [-0.3, -0.25) is 9.59 Å². The van der Waals surface area contributed by atoms with Gasteiger partial charge in [-0.25, -0.2) is 9.67 Å². The first-order chi connectivity index (χ1) is 13.9. The molecule has 3 aliphatic carbocycles. The molecule has 3 N–H and O–H groups in total. The van der Waals surface area contributed by atoms with Crippen LogP contribution in [-0.4, -0.2) is 55.8 Å². The third kappa shape index (κ3) is 2.73. The van der Waals surface area contributed by atoms with E-state index in [1.165, 1.54) is 4.90 Å². The molecule has 2 fully saturated rings. The second-order valence-electron chi connectivity index (χ2n) is 8.21. The molecule has 2 aromatic heterocycles.